The van der Waals surface area contributed by atoms with Gasteiger partial charge in [-0.05, 0) is 37.8 Å². The first-order chi connectivity index (χ1) is 11.9. The first kappa shape index (κ1) is 19.8. The molecule has 0 saturated carbocycles. The summed E-state index contributed by atoms with van der Waals surface area (Å²) in [6, 6.07) is 7.66. The van der Waals surface area contributed by atoms with Gasteiger partial charge in [-0.1, -0.05) is 31.5 Å². The van der Waals surface area contributed by atoms with Gasteiger partial charge < -0.3 is 9.64 Å². The minimum Gasteiger partial charge on any atom is -0.493 e. The van der Waals surface area contributed by atoms with Gasteiger partial charge in [0.25, 0.3) is 0 Å². The third-order valence-electron chi connectivity index (χ3n) is 4.61. The van der Waals surface area contributed by atoms with E-state index in [4.69, 9.17) is 4.74 Å². The zero-order valence-corrected chi connectivity index (χ0v) is 16.1. The molecule has 1 fully saturated rings. The van der Waals surface area contributed by atoms with Gasteiger partial charge in [-0.3, -0.25) is 4.79 Å². The molecule has 0 radical (unpaired) electrons. The number of hydrogen-bond acceptors (Lipinski definition) is 4. The minimum absolute atomic E-state index is 0.0453. The van der Waals surface area contributed by atoms with Gasteiger partial charge >= 0.3 is 0 Å². The van der Waals surface area contributed by atoms with E-state index in [2.05, 4.69) is 6.92 Å². The largest absolute Gasteiger partial charge is 0.493 e. The number of sulfone groups is 1. The van der Waals surface area contributed by atoms with E-state index in [1.165, 1.54) is 0 Å². The molecule has 6 heteroatoms. The molecule has 0 aromatic heterocycles. The molecule has 0 spiro atoms. The molecule has 1 aromatic carbocycles. The summed E-state index contributed by atoms with van der Waals surface area (Å²) < 4.78 is 29.2. The molecule has 0 N–H and O–H groups in total. The predicted octanol–water partition coefficient (Wildman–Crippen LogP) is 2.97. The van der Waals surface area contributed by atoms with Crippen molar-refractivity contribution in [3.05, 3.63) is 29.8 Å². The van der Waals surface area contributed by atoms with Crippen molar-refractivity contribution in [1.29, 1.82) is 0 Å². The van der Waals surface area contributed by atoms with Gasteiger partial charge in [-0.2, -0.15) is 0 Å². The van der Waals surface area contributed by atoms with Crippen LogP contribution in [-0.4, -0.2) is 49.9 Å². The molecule has 2 rings (SSSR count). The van der Waals surface area contributed by atoms with Gasteiger partial charge in [0.2, 0.25) is 5.91 Å². The van der Waals surface area contributed by atoms with Crippen LogP contribution in [0.2, 0.25) is 0 Å². The molecular weight excluding hydrogens is 338 g/mol. The highest BCUT2D eigenvalue weighted by Crippen LogP contribution is 2.20. The maximum Gasteiger partial charge on any atom is 0.222 e. The lowest BCUT2D eigenvalue weighted by Gasteiger charge is -2.28. The van der Waals surface area contributed by atoms with E-state index in [0.717, 1.165) is 24.2 Å². The van der Waals surface area contributed by atoms with Crippen LogP contribution in [0, 0.1) is 6.92 Å². The molecule has 0 bridgehead atoms. The summed E-state index contributed by atoms with van der Waals surface area (Å²) in [4.78, 5) is 14.4. The Labute approximate surface area is 151 Å². The Morgan fingerprint density at radius 2 is 2.04 bits per heavy atom. The second-order valence-corrected chi connectivity index (χ2v) is 8.94. The number of carbonyl (C=O) groups is 1. The average Bonchev–Trinajstić information content (AvgIpc) is 2.93. The highest BCUT2D eigenvalue weighted by atomic mass is 32.2. The number of unbranched alkanes of at least 4 members (excludes halogenated alkanes) is 1. The number of hydrogen-bond donors (Lipinski definition) is 0. The molecule has 5 nitrogen and oxygen atoms in total. The average molecular weight is 368 g/mol. The van der Waals surface area contributed by atoms with Crippen LogP contribution in [-0.2, 0) is 14.6 Å². The number of carbonyl (C=O) groups excluding carboxylic acids is 1. The van der Waals surface area contributed by atoms with E-state index in [9.17, 15) is 13.2 Å². The lowest BCUT2D eigenvalue weighted by Crippen LogP contribution is -2.41. The van der Waals surface area contributed by atoms with Crippen LogP contribution < -0.4 is 4.74 Å². The van der Waals surface area contributed by atoms with E-state index < -0.39 is 9.84 Å². The summed E-state index contributed by atoms with van der Waals surface area (Å²) in [5.74, 6) is 1.20. The Morgan fingerprint density at radius 3 is 2.68 bits per heavy atom. The highest BCUT2D eigenvalue weighted by molar-refractivity contribution is 7.91. The fourth-order valence-electron chi connectivity index (χ4n) is 3.13. The van der Waals surface area contributed by atoms with Gasteiger partial charge in [0.15, 0.2) is 9.84 Å². The van der Waals surface area contributed by atoms with Crippen LogP contribution >= 0.6 is 0 Å². The van der Waals surface area contributed by atoms with Crippen molar-refractivity contribution in [3.8, 4) is 5.75 Å². The molecule has 140 valence electrons. The minimum atomic E-state index is -2.98. The maximum absolute atomic E-state index is 12.6. The number of ether oxygens (including phenoxy) is 1. The van der Waals surface area contributed by atoms with Crippen molar-refractivity contribution in [2.45, 2.75) is 52.0 Å². The molecule has 1 aromatic rings. The molecule has 1 aliphatic rings. The van der Waals surface area contributed by atoms with Crippen LogP contribution in [0.1, 0.15) is 44.6 Å². The second kappa shape index (κ2) is 9.22. The van der Waals surface area contributed by atoms with Crippen molar-refractivity contribution in [2.75, 3.05) is 24.7 Å². The Kier molecular flexibility index (Phi) is 7.29. The molecular formula is C19H29NO4S. The summed E-state index contributed by atoms with van der Waals surface area (Å²) in [6.45, 7) is 5.20. The lowest BCUT2D eigenvalue weighted by atomic mass is 10.1. The highest BCUT2D eigenvalue weighted by Gasteiger charge is 2.34. The summed E-state index contributed by atoms with van der Waals surface area (Å²) in [5.41, 5.74) is 1.08. The predicted molar refractivity (Wildman–Crippen MR) is 99.6 cm³/mol. The molecule has 1 aliphatic heterocycles. The SMILES string of the molecule is CCCCN(C(=O)CCCOc1ccccc1C)C1CCS(=O)(=O)C1. The van der Waals surface area contributed by atoms with Gasteiger partial charge in [0.1, 0.15) is 5.75 Å². The monoisotopic (exact) mass is 367 g/mol. The van der Waals surface area contributed by atoms with Crippen molar-refractivity contribution in [2.24, 2.45) is 0 Å². The van der Waals surface area contributed by atoms with E-state index in [1.807, 2.05) is 31.2 Å². The van der Waals surface area contributed by atoms with Crippen molar-refractivity contribution >= 4 is 15.7 Å². The number of aryl methyl sites for hydroxylation is 1. The third-order valence-corrected chi connectivity index (χ3v) is 6.36. The normalized spacial score (nSPS) is 18.9. The van der Waals surface area contributed by atoms with Crippen LogP contribution in [0.25, 0.3) is 0 Å². The molecule has 25 heavy (non-hydrogen) atoms. The van der Waals surface area contributed by atoms with Crippen molar-refractivity contribution < 1.29 is 17.9 Å². The Hall–Kier alpha value is -1.56. The summed E-state index contributed by atoms with van der Waals surface area (Å²) in [5, 5.41) is 0. The Morgan fingerprint density at radius 1 is 1.28 bits per heavy atom. The van der Waals surface area contributed by atoms with Gasteiger partial charge in [-0.15, -0.1) is 0 Å². The summed E-state index contributed by atoms with van der Waals surface area (Å²) >= 11 is 0. The topological polar surface area (TPSA) is 63.7 Å². The van der Waals surface area contributed by atoms with E-state index in [0.29, 0.717) is 32.4 Å². The smallest absolute Gasteiger partial charge is 0.222 e. The Balaban J connectivity index is 1.83. The quantitative estimate of drug-likeness (QED) is 0.630. The lowest BCUT2D eigenvalue weighted by molar-refractivity contribution is -0.133. The molecule has 1 atom stereocenters. The second-order valence-electron chi connectivity index (χ2n) is 6.72. The van der Waals surface area contributed by atoms with Gasteiger partial charge in [0, 0.05) is 19.0 Å². The van der Waals surface area contributed by atoms with E-state index >= 15 is 0 Å². The van der Waals surface area contributed by atoms with Gasteiger partial charge in [-0.25, -0.2) is 8.42 Å². The van der Waals surface area contributed by atoms with Crippen LogP contribution in [0.15, 0.2) is 24.3 Å². The summed E-state index contributed by atoms with van der Waals surface area (Å²) in [7, 11) is -2.98. The first-order valence-electron chi connectivity index (χ1n) is 9.11. The fraction of sp³-hybridized carbons (Fsp3) is 0.632. The van der Waals surface area contributed by atoms with E-state index in [1.54, 1.807) is 4.90 Å². The molecule has 1 amide bonds. The number of benzene rings is 1. The van der Waals surface area contributed by atoms with Crippen LogP contribution in [0.5, 0.6) is 5.75 Å². The van der Waals surface area contributed by atoms with Crippen LogP contribution in [0.3, 0.4) is 0 Å². The van der Waals surface area contributed by atoms with Gasteiger partial charge in [0.05, 0.1) is 18.1 Å². The number of nitrogens with zero attached hydrogens (tertiary/aromatic N) is 1. The maximum atomic E-state index is 12.6. The first-order valence-corrected chi connectivity index (χ1v) is 10.9. The number of rotatable bonds is 9. The zero-order valence-electron chi connectivity index (χ0n) is 15.2. The van der Waals surface area contributed by atoms with E-state index in [-0.39, 0.29) is 23.5 Å². The Bertz CT molecular complexity index is 672. The molecule has 1 heterocycles. The van der Waals surface area contributed by atoms with Crippen molar-refractivity contribution in [1.82, 2.24) is 4.90 Å². The summed E-state index contributed by atoms with van der Waals surface area (Å²) in [6.07, 6.45) is 3.49. The molecule has 0 aliphatic carbocycles. The fourth-order valence-corrected chi connectivity index (χ4v) is 4.86. The van der Waals surface area contributed by atoms with Crippen LogP contribution in [0.4, 0.5) is 0 Å². The standard InChI is InChI=1S/C19H29NO4S/c1-3-4-12-20(17-11-14-25(22,23)15-17)19(21)10-7-13-24-18-9-6-5-8-16(18)2/h5-6,8-9,17H,3-4,7,10-15H2,1-2H3. The third kappa shape index (κ3) is 6.03. The zero-order chi connectivity index (χ0) is 18.3. The van der Waals surface area contributed by atoms with Crippen molar-refractivity contribution in [3.63, 3.8) is 0 Å². The number of para-hydroxylation sites is 1. The molecule has 1 saturated heterocycles. The number of amides is 1. The molecule has 1 unspecified atom stereocenters.